The predicted molar refractivity (Wildman–Crippen MR) is 50.2 cm³/mol. The van der Waals surface area contributed by atoms with Gasteiger partial charge < -0.3 is 0 Å². The molecule has 0 unspecified atom stereocenters. The van der Waals surface area contributed by atoms with Crippen molar-refractivity contribution in [2.45, 2.75) is 32.4 Å². The summed E-state index contributed by atoms with van der Waals surface area (Å²) < 4.78 is 35.8. The standard InChI is InChI=1S/C11H13F3/c1-2-9-4-3-5-10(8-9)6-7-11(12,13)14/h3-5,8H,2,6-7H2,1H3. The van der Waals surface area contributed by atoms with Crippen LogP contribution in [0.3, 0.4) is 0 Å². The first-order valence-corrected chi connectivity index (χ1v) is 4.66. The Morgan fingerprint density at radius 1 is 1.14 bits per heavy atom. The highest BCUT2D eigenvalue weighted by Crippen LogP contribution is 2.22. The molecule has 0 radical (unpaired) electrons. The van der Waals surface area contributed by atoms with E-state index >= 15 is 0 Å². The van der Waals surface area contributed by atoms with E-state index in [2.05, 4.69) is 0 Å². The predicted octanol–water partition coefficient (Wildman–Crippen LogP) is 3.74. The highest BCUT2D eigenvalue weighted by Gasteiger charge is 2.26. The van der Waals surface area contributed by atoms with Gasteiger partial charge in [0.15, 0.2) is 0 Å². The summed E-state index contributed by atoms with van der Waals surface area (Å²) in [7, 11) is 0. The van der Waals surface area contributed by atoms with E-state index in [1.165, 1.54) is 0 Å². The Kier molecular flexibility index (Phi) is 3.55. The molecule has 0 N–H and O–H groups in total. The quantitative estimate of drug-likeness (QED) is 0.700. The molecule has 0 fully saturated rings. The van der Waals surface area contributed by atoms with Crippen LogP contribution in [-0.2, 0) is 12.8 Å². The third-order valence-electron chi connectivity index (χ3n) is 2.10. The molecule has 0 nitrogen and oxygen atoms in total. The summed E-state index contributed by atoms with van der Waals surface area (Å²) in [4.78, 5) is 0. The van der Waals surface area contributed by atoms with Crippen molar-refractivity contribution >= 4 is 0 Å². The lowest BCUT2D eigenvalue weighted by Crippen LogP contribution is -2.08. The molecule has 1 aromatic rings. The van der Waals surface area contributed by atoms with Crippen LogP contribution in [0.25, 0.3) is 0 Å². The smallest absolute Gasteiger partial charge is 0.171 e. The molecular formula is C11H13F3. The molecule has 1 rings (SSSR count). The van der Waals surface area contributed by atoms with Crippen LogP contribution in [-0.4, -0.2) is 6.18 Å². The van der Waals surface area contributed by atoms with Gasteiger partial charge in [-0.25, -0.2) is 0 Å². The van der Waals surface area contributed by atoms with Crippen LogP contribution in [0.15, 0.2) is 24.3 Å². The molecule has 14 heavy (non-hydrogen) atoms. The largest absolute Gasteiger partial charge is 0.389 e. The van der Waals surface area contributed by atoms with E-state index in [-0.39, 0.29) is 6.42 Å². The minimum atomic E-state index is -4.05. The zero-order valence-corrected chi connectivity index (χ0v) is 8.06. The zero-order valence-electron chi connectivity index (χ0n) is 8.06. The maximum absolute atomic E-state index is 11.9. The molecule has 1 aromatic carbocycles. The van der Waals surface area contributed by atoms with Gasteiger partial charge in [0.25, 0.3) is 0 Å². The molecule has 0 aromatic heterocycles. The van der Waals surface area contributed by atoms with E-state index in [1.807, 2.05) is 25.1 Å². The number of rotatable bonds is 3. The van der Waals surface area contributed by atoms with Gasteiger partial charge >= 0.3 is 6.18 Å². The van der Waals surface area contributed by atoms with Crippen LogP contribution in [0.4, 0.5) is 13.2 Å². The molecular weight excluding hydrogens is 189 g/mol. The van der Waals surface area contributed by atoms with E-state index in [0.717, 1.165) is 17.5 Å². The first-order valence-electron chi connectivity index (χ1n) is 4.66. The Morgan fingerprint density at radius 3 is 2.36 bits per heavy atom. The molecule has 0 aliphatic carbocycles. The van der Waals surface area contributed by atoms with E-state index < -0.39 is 12.6 Å². The second-order valence-electron chi connectivity index (χ2n) is 3.29. The summed E-state index contributed by atoms with van der Waals surface area (Å²) in [6.07, 6.45) is -3.85. The topological polar surface area (TPSA) is 0 Å². The van der Waals surface area contributed by atoms with Crippen molar-refractivity contribution in [2.24, 2.45) is 0 Å². The Labute approximate surface area is 81.8 Å². The van der Waals surface area contributed by atoms with Crippen molar-refractivity contribution in [1.82, 2.24) is 0 Å². The monoisotopic (exact) mass is 202 g/mol. The van der Waals surface area contributed by atoms with Gasteiger partial charge in [-0.15, -0.1) is 0 Å². The Balaban J connectivity index is 2.59. The molecule has 78 valence electrons. The normalized spacial score (nSPS) is 11.7. The summed E-state index contributed by atoms with van der Waals surface area (Å²) >= 11 is 0. The summed E-state index contributed by atoms with van der Waals surface area (Å²) in [5.74, 6) is 0. The van der Waals surface area contributed by atoms with Gasteiger partial charge in [-0.2, -0.15) is 13.2 Å². The average molecular weight is 202 g/mol. The Bertz CT molecular complexity index is 289. The summed E-state index contributed by atoms with van der Waals surface area (Å²) in [6.45, 7) is 1.99. The van der Waals surface area contributed by atoms with Crippen molar-refractivity contribution < 1.29 is 13.2 Å². The summed E-state index contributed by atoms with van der Waals surface area (Å²) in [5.41, 5.74) is 1.85. The third kappa shape index (κ3) is 3.81. The van der Waals surface area contributed by atoms with Crippen LogP contribution in [0.5, 0.6) is 0 Å². The number of halogens is 3. The van der Waals surface area contributed by atoms with Gasteiger partial charge in [0.1, 0.15) is 0 Å². The Hall–Kier alpha value is -0.990. The zero-order chi connectivity index (χ0) is 10.6. The van der Waals surface area contributed by atoms with E-state index in [4.69, 9.17) is 0 Å². The first-order chi connectivity index (χ1) is 6.51. The van der Waals surface area contributed by atoms with E-state index in [9.17, 15) is 13.2 Å². The number of hydrogen-bond donors (Lipinski definition) is 0. The van der Waals surface area contributed by atoms with Gasteiger partial charge in [0, 0.05) is 6.42 Å². The van der Waals surface area contributed by atoms with Gasteiger partial charge in [0.2, 0.25) is 0 Å². The van der Waals surface area contributed by atoms with Gasteiger partial charge in [-0.05, 0) is 24.0 Å². The minimum absolute atomic E-state index is 0.0807. The fourth-order valence-electron chi connectivity index (χ4n) is 1.29. The van der Waals surface area contributed by atoms with Crippen molar-refractivity contribution in [3.8, 4) is 0 Å². The summed E-state index contributed by atoms with van der Waals surface area (Å²) in [5, 5.41) is 0. The number of benzene rings is 1. The third-order valence-corrected chi connectivity index (χ3v) is 2.10. The fourth-order valence-corrected chi connectivity index (χ4v) is 1.29. The highest BCUT2D eigenvalue weighted by atomic mass is 19.4. The maximum Gasteiger partial charge on any atom is 0.389 e. The van der Waals surface area contributed by atoms with Gasteiger partial charge in [-0.1, -0.05) is 31.2 Å². The lowest BCUT2D eigenvalue weighted by Gasteiger charge is -2.06. The van der Waals surface area contributed by atoms with Crippen LogP contribution in [0, 0.1) is 0 Å². The highest BCUT2D eigenvalue weighted by molar-refractivity contribution is 5.23. The minimum Gasteiger partial charge on any atom is -0.171 e. The van der Waals surface area contributed by atoms with E-state index in [1.54, 1.807) is 6.07 Å². The van der Waals surface area contributed by atoms with Crippen molar-refractivity contribution in [3.63, 3.8) is 0 Å². The van der Waals surface area contributed by atoms with Crippen LogP contribution >= 0.6 is 0 Å². The molecule has 0 spiro atoms. The van der Waals surface area contributed by atoms with Gasteiger partial charge in [0.05, 0.1) is 0 Å². The molecule has 0 heterocycles. The second kappa shape index (κ2) is 4.49. The maximum atomic E-state index is 11.9. The molecule has 3 heteroatoms. The van der Waals surface area contributed by atoms with Crippen LogP contribution in [0.1, 0.15) is 24.5 Å². The van der Waals surface area contributed by atoms with E-state index in [0.29, 0.717) is 0 Å². The van der Waals surface area contributed by atoms with Crippen LogP contribution in [0.2, 0.25) is 0 Å². The lowest BCUT2D eigenvalue weighted by atomic mass is 10.1. The molecule has 0 saturated heterocycles. The Morgan fingerprint density at radius 2 is 1.79 bits per heavy atom. The molecule has 0 aliphatic heterocycles. The SMILES string of the molecule is CCc1cccc(CCC(F)(F)F)c1. The summed E-state index contributed by atoms with van der Waals surface area (Å²) in [6, 6.07) is 7.32. The van der Waals surface area contributed by atoms with Crippen molar-refractivity contribution in [1.29, 1.82) is 0 Å². The number of alkyl halides is 3. The van der Waals surface area contributed by atoms with Gasteiger partial charge in [-0.3, -0.25) is 0 Å². The molecule has 0 atom stereocenters. The molecule has 0 amide bonds. The first kappa shape index (κ1) is 11.1. The second-order valence-corrected chi connectivity index (χ2v) is 3.29. The van der Waals surface area contributed by atoms with Crippen molar-refractivity contribution in [2.75, 3.05) is 0 Å². The average Bonchev–Trinajstić information content (AvgIpc) is 2.14. The molecule has 0 bridgehead atoms. The number of aryl methyl sites for hydroxylation is 2. The molecule has 0 saturated carbocycles. The van der Waals surface area contributed by atoms with Crippen LogP contribution < -0.4 is 0 Å². The molecule has 0 aliphatic rings. The fraction of sp³-hybridized carbons (Fsp3) is 0.455. The van der Waals surface area contributed by atoms with Crippen molar-refractivity contribution in [3.05, 3.63) is 35.4 Å². The number of hydrogen-bond acceptors (Lipinski definition) is 0. The lowest BCUT2D eigenvalue weighted by molar-refractivity contribution is -0.133.